The zero-order valence-electron chi connectivity index (χ0n) is 12.3. The van der Waals surface area contributed by atoms with Gasteiger partial charge >= 0.3 is 0 Å². The summed E-state index contributed by atoms with van der Waals surface area (Å²) in [6.07, 6.45) is 5.58. The van der Waals surface area contributed by atoms with Crippen molar-refractivity contribution in [1.29, 1.82) is 0 Å². The minimum absolute atomic E-state index is 0.197. The van der Waals surface area contributed by atoms with Gasteiger partial charge in [0, 0.05) is 20.1 Å². The molecule has 20 heavy (non-hydrogen) atoms. The highest BCUT2D eigenvalue weighted by atomic mass is 16.5. The van der Waals surface area contributed by atoms with E-state index in [1.165, 1.54) is 17.5 Å². The molecule has 3 nitrogen and oxygen atoms in total. The van der Waals surface area contributed by atoms with E-state index in [1.807, 2.05) is 0 Å². The Morgan fingerprint density at radius 3 is 3.05 bits per heavy atom. The van der Waals surface area contributed by atoms with E-state index in [4.69, 9.17) is 10.5 Å². The number of carbonyl (C=O) groups excluding carboxylic acids is 1. The van der Waals surface area contributed by atoms with Crippen LogP contribution in [0.4, 0.5) is 0 Å². The molecule has 0 amide bonds. The van der Waals surface area contributed by atoms with Crippen molar-refractivity contribution in [1.82, 2.24) is 0 Å². The summed E-state index contributed by atoms with van der Waals surface area (Å²) in [4.78, 5) is 12.2. The van der Waals surface area contributed by atoms with Crippen LogP contribution in [0.3, 0.4) is 0 Å². The van der Waals surface area contributed by atoms with Gasteiger partial charge in [-0.15, -0.1) is 0 Å². The van der Waals surface area contributed by atoms with Gasteiger partial charge in [-0.3, -0.25) is 4.79 Å². The van der Waals surface area contributed by atoms with E-state index in [0.717, 1.165) is 25.7 Å². The molecule has 0 bridgehead atoms. The molecule has 0 aromatic heterocycles. The van der Waals surface area contributed by atoms with Gasteiger partial charge in [0.1, 0.15) is 5.78 Å². The molecule has 2 rings (SSSR count). The van der Waals surface area contributed by atoms with Crippen LogP contribution in [0.25, 0.3) is 0 Å². The molecule has 1 aliphatic carbocycles. The van der Waals surface area contributed by atoms with Gasteiger partial charge in [0.05, 0.1) is 6.04 Å². The molecular formula is C17H25NO2. The zero-order chi connectivity index (χ0) is 14.4. The number of hydrogen-bond donors (Lipinski definition) is 1. The van der Waals surface area contributed by atoms with Crippen molar-refractivity contribution in [3.8, 4) is 0 Å². The summed E-state index contributed by atoms with van der Waals surface area (Å²) < 4.78 is 5.00. The highest BCUT2D eigenvalue weighted by Crippen LogP contribution is 2.34. The molecule has 2 unspecified atom stereocenters. The van der Waals surface area contributed by atoms with Gasteiger partial charge in [0.2, 0.25) is 0 Å². The Morgan fingerprint density at radius 1 is 1.45 bits per heavy atom. The quantitative estimate of drug-likeness (QED) is 0.778. The monoisotopic (exact) mass is 275 g/mol. The summed E-state index contributed by atoms with van der Waals surface area (Å²) in [5, 5.41) is 0. The van der Waals surface area contributed by atoms with Crippen molar-refractivity contribution in [3.05, 3.63) is 35.4 Å². The van der Waals surface area contributed by atoms with Crippen LogP contribution in [0.5, 0.6) is 0 Å². The van der Waals surface area contributed by atoms with Crippen LogP contribution in [0.1, 0.15) is 49.1 Å². The predicted octanol–water partition coefficient (Wildman–Crippen LogP) is 2.82. The SMILES string of the molecule is COCCCC(N)C(=O)CC1CCCc2ccccc21. The first-order valence-electron chi connectivity index (χ1n) is 7.57. The third-order valence-electron chi connectivity index (χ3n) is 4.22. The van der Waals surface area contributed by atoms with E-state index in [9.17, 15) is 4.79 Å². The maximum Gasteiger partial charge on any atom is 0.150 e. The van der Waals surface area contributed by atoms with E-state index in [-0.39, 0.29) is 11.8 Å². The molecule has 1 aromatic carbocycles. The summed E-state index contributed by atoms with van der Waals surface area (Å²) in [5.74, 6) is 0.559. The molecule has 0 spiro atoms. The van der Waals surface area contributed by atoms with Crippen molar-refractivity contribution in [2.75, 3.05) is 13.7 Å². The second-order valence-electron chi connectivity index (χ2n) is 5.70. The minimum Gasteiger partial charge on any atom is -0.385 e. The van der Waals surface area contributed by atoms with E-state index in [1.54, 1.807) is 7.11 Å². The number of ether oxygens (including phenoxy) is 1. The Labute approximate surface area is 121 Å². The number of aryl methyl sites for hydroxylation is 1. The number of nitrogens with two attached hydrogens (primary N) is 1. The van der Waals surface area contributed by atoms with Gasteiger partial charge < -0.3 is 10.5 Å². The molecule has 1 aromatic rings. The third-order valence-corrected chi connectivity index (χ3v) is 4.22. The number of carbonyl (C=O) groups is 1. The lowest BCUT2D eigenvalue weighted by Gasteiger charge is -2.25. The number of hydrogen-bond acceptors (Lipinski definition) is 3. The molecule has 0 heterocycles. The Morgan fingerprint density at radius 2 is 2.25 bits per heavy atom. The largest absolute Gasteiger partial charge is 0.385 e. The highest BCUT2D eigenvalue weighted by molar-refractivity contribution is 5.84. The fourth-order valence-corrected chi connectivity index (χ4v) is 3.07. The van der Waals surface area contributed by atoms with Gasteiger partial charge in [-0.2, -0.15) is 0 Å². The van der Waals surface area contributed by atoms with Gasteiger partial charge in [-0.05, 0) is 49.1 Å². The maximum atomic E-state index is 12.2. The van der Waals surface area contributed by atoms with Gasteiger partial charge in [0.25, 0.3) is 0 Å². The van der Waals surface area contributed by atoms with Crippen LogP contribution >= 0.6 is 0 Å². The summed E-state index contributed by atoms with van der Waals surface area (Å²) in [6.45, 7) is 0.674. The Kier molecular flexibility index (Phi) is 5.74. The van der Waals surface area contributed by atoms with Crippen LogP contribution < -0.4 is 5.73 Å². The van der Waals surface area contributed by atoms with Gasteiger partial charge in [-0.1, -0.05) is 24.3 Å². The molecular weight excluding hydrogens is 250 g/mol. The number of fused-ring (bicyclic) bond motifs is 1. The normalized spacial score (nSPS) is 19.4. The van der Waals surface area contributed by atoms with E-state index < -0.39 is 0 Å². The zero-order valence-corrected chi connectivity index (χ0v) is 12.3. The lowest BCUT2D eigenvalue weighted by molar-refractivity contribution is -0.120. The molecule has 110 valence electrons. The number of rotatable bonds is 7. The van der Waals surface area contributed by atoms with Crippen LogP contribution in [-0.2, 0) is 16.0 Å². The predicted molar refractivity (Wildman–Crippen MR) is 80.8 cm³/mol. The molecule has 2 atom stereocenters. The number of ketones is 1. The molecule has 2 N–H and O–H groups in total. The first-order chi connectivity index (χ1) is 9.72. The Bertz CT molecular complexity index is 444. The molecule has 0 saturated carbocycles. The fraction of sp³-hybridized carbons (Fsp3) is 0.588. The van der Waals surface area contributed by atoms with Crippen LogP contribution in [0.2, 0.25) is 0 Å². The van der Waals surface area contributed by atoms with Gasteiger partial charge in [-0.25, -0.2) is 0 Å². The van der Waals surface area contributed by atoms with Crippen molar-refractivity contribution < 1.29 is 9.53 Å². The third kappa shape index (κ3) is 3.90. The summed E-state index contributed by atoms with van der Waals surface area (Å²) >= 11 is 0. The maximum absolute atomic E-state index is 12.2. The topological polar surface area (TPSA) is 52.3 Å². The molecule has 0 saturated heterocycles. The standard InChI is InChI=1S/C17H25NO2/c1-20-11-5-10-16(18)17(19)12-14-8-4-7-13-6-2-3-9-15(13)14/h2-3,6,9,14,16H,4-5,7-8,10-12,18H2,1H3. The average Bonchev–Trinajstić information content (AvgIpc) is 2.47. The summed E-state index contributed by atoms with van der Waals surface area (Å²) in [5.41, 5.74) is 8.75. The molecule has 0 radical (unpaired) electrons. The summed E-state index contributed by atoms with van der Waals surface area (Å²) in [7, 11) is 1.67. The first-order valence-corrected chi connectivity index (χ1v) is 7.57. The number of methoxy groups -OCH3 is 1. The van der Waals surface area contributed by atoms with Crippen molar-refractivity contribution in [2.24, 2.45) is 5.73 Å². The Balaban J connectivity index is 1.92. The molecule has 0 aliphatic heterocycles. The van der Waals surface area contributed by atoms with Crippen LogP contribution in [-0.4, -0.2) is 25.5 Å². The van der Waals surface area contributed by atoms with E-state index >= 15 is 0 Å². The lowest BCUT2D eigenvalue weighted by atomic mass is 9.79. The molecule has 1 aliphatic rings. The van der Waals surface area contributed by atoms with Crippen molar-refractivity contribution >= 4 is 5.78 Å². The second-order valence-corrected chi connectivity index (χ2v) is 5.70. The van der Waals surface area contributed by atoms with Crippen molar-refractivity contribution in [2.45, 2.75) is 50.5 Å². The van der Waals surface area contributed by atoms with Gasteiger partial charge in [0.15, 0.2) is 0 Å². The van der Waals surface area contributed by atoms with Crippen LogP contribution in [0, 0.1) is 0 Å². The van der Waals surface area contributed by atoms with Crippen molar-refractivity contribution in [3.63, 3.8) is 0 Å². The fourth-order valence-electron chi connectivity index (χ4n) is 3.07. The highest BCUT2D eigenvalue weighted by Gasteiger charge is 2.24. The molecule has 3 heteroatoms. The Hall–Kier alpha value is -1.19. The summed E-state index contributed by atoms with van der Waals surface area (Å²) in [6, 6.07) is 8.17. The molecule has 0 fully saturated rings. The second kappa shape index (κ2) is 7.55. The smallest absolute Gasteiger partial charge is 0.150 e. The minimum atomic E-state index is -0.334. The van der Waals surface area contributed by atoms with Crippen LogP contribution in [0.15, 0.2) is 24.3 Å². The first kappa shape index (κ1) is 15.2. The van der Waals surface area contributed by atoms with E-state index in [2.05, 4.69) is 24.3 Å². The number of Topliss-reactive ketones (excluding diaryl/α,β-unsaturated/α-hetero) is 1. The van der Waals surface area contributed by atoms with E-state index in [0.29, 0.717) is 18.9 Å². The number of benzene rings is 1. The lowest BCUT2D eigenvalue weighted by Crippen LogP contribution is -2.32. The average molecular weight is 275 g/mol.